The van der Waals surface area contributed by atoms with Gasteiger partial charge in [-0.1, -0.05) is 29.8 Å². The highest BCUT2D eigenvalue weighted by Gasteiger charge is 2.33. The zero-order chi connectivity index (χ0) is 15.6. The van der Waals surface area contributed by atoms with Crippen LogP contribution in [-0.4, -0.2) is 18.1 Å². The fourth-order valence-corrected chi connectivity index (χ4v) is 2.43. The summed E-state index contributed by atoms with van der Waals surface area (Å²) in [7, 11) is 0. The van der Waals surface area contributed by atoms with E-state index in [-0.39, 0.29) is 12.1 Å². The van der Waals surface area contributed by atoms with Gasteiger partial charge in [0.1, 0.15) is 0 Å². The van der Waals surface area contributed by atoms with Gasteiger partial charge in [-0.2, -0.15) is 0 Å². The molecule has 0 bridgehead atoms. The quantitative estimate of drug-likeness (QED) is 0.844. The van der Waals surface area contributed by atoms with Crippen molar-refractivity contribution in [3.05, 3.63) is 46.1 Å². The molecule has 0 saturated heterocycles. The number of hydrogen-bond donors (Lipinski definition) is 2. The molecular weight excluding hydrogens is 292 g/mol. The highest BCUT2D eigenvalue weighted by atomic mass is 35.5. The summed E-state index contributed by atoms with van der Waals surface area (Å²) < 4.78 is 5.26. The van der Waals surface area contributed by atoms with Gasteiger partial charge >= 0.3 is 12.0 Å². The zero-order valence-corrected chi connectivity index (χ0v) is 12.8. The molecule has 1 heterocycles. The van der Waals surface area contributed by atoms with Gasteiger partial charge in [-0.05, 0) is 32.4 Å². The molecule has 0 aliphatic carbocycles. The average molecular weight is 309 g/mol. The molecule has 6 heteroatoms. The van der Waals surface area contributed by atoms with E-state index in [4.69, 9.17) is 16.3 Å². The van der Waals surface area contributed by atoms with E-state index in [1.54, 1.807) is 45.0 Å². The van der Waals surface area contributed by atoms with Crippen LogP contribution in [0.15, 0.2) is 35.5 Å². The minimum absolute atomic E-state index is 0.248. The first kappa shape index (κ1) is 15.4. The molecule has 112 valence electrons. The second kappa shape index (κ2) is 6.18. The maximum atomic E-state index is 12.3. The van der Waals surface area contributed by atoms with Gasteiger partial charge < -0.3 is 15.4 Å². The lowest BCUT2D eigenvalue weighted by molar-refractivity contribution is -0.143. The van der Waals surface area contributed by atoms with Gasteiger partial charge in [0.05, 0.1) is 17.7 Å². The Labute approximate surface area is 128 Å². The first-order valence-electron chi connectivity index (χ1n) is 6.64. The van der Waals surface area contributed by atoms with Gasteiger partial charge in [0.15, 0.2) is 0 Å². The average Bonchev–Trinajstić information content (AvgIpc) is 2.37. The van der Waals surface area contributed by atoms with Crippen molar-refractivity contribution < 1.29 is 14.3 Å². The van der Waals surface area contributed by atoms with Crippen molar-refractivity contribution in [1.29, 1.82) is 0 Å². The molecule has 0 spiro atoms. The topological polar surface area (TPSA) is 67.4 Å². The summed E-state index contributed by atoms with van der Waals surface area (Å²) in [6, 6.07) is 6.07. The summed E-state index contributed by atoms with van der Waals surface area (Å²) >= 11 is 6.18. The molecule has 0 radical (unpaired) electrons. The number of halogens is 1. The molecule has 1 atom stereocenters. The molecule has 2 amide bonds. The lowest BCUT2D eigenvalue weighted by Gasteiger charge is -2.29. The van der Waals surface area contributed by atoms with Crippen molar-refractivity contribution in [1.82, 2.24) is 10.6 Å². The van der Waals surface area contributed by atoms with Crippen molar-refractivity contribution in [3.63, 3.8) is 0 Å². The number of nitrogens with one attached hydrogen (secondary N) is 2. The van der Waals surface area contributed by atoms with Crippen LogP contribution in [0.1, 0.15) is 32.4 Å². The molecule has 1 aliphatic rings. The Morgan fingerprint density at radius 2 is 2.00 bits per heavy atom. The van der Waals surface area contributed by atoms with E-state index in [1.807, 2.05) is 0 Å². The lowest BCUT2D eigenvalue weighted by Crippen LogP contribution is -2.45. The third kappa shape index (κ3) is 3.36. The van der Waals surface area contributed by atoms with Crippen LogP contribution in [0, 0.1) is 0 Å². The van der Waals surface area contributed by atoms with Crippen molar-refractivity contribution in [2.45, 2.75) is 32.9 Å². The first-order valence-corrected chi connectivity index (χ1v) is 7.01. The smallest absolute Gasteiger partial charge is 0.338 e. The number of carbonyl (C=O) groups is 2. The van der Waals surface area contributed by atoms with Crippen LogP contribution in [-0.2, 0) is 9.53 Å². The second-order valence-electron chi connectivity index (χ2n) is 5.05. The maximum absolute atomic E-state index is 12.3. The highest BCUT2D eigenvalue weighted by Crippen LogP contribution is 2.32. The van der Waals surface area contributed by atoms with Gasteiger partial charge in [-0.15, -0.1) is 0 Å². The Balaban J connectivity index is 2.46. The number of esters is 1. The predicted octanol–water partition coefficient (Wildman–Crippen LogP) is 2.92. The molecule has 1 aromatic carbocycles. The number of amides is 2. The van der Waals surface area contributed by atoms with E-state index in [1.165, 1.54) is 0 Å². The van der Waals surface area contributed by atoms with E-state index >= 15 is 0 Å². The molecule has 1 aliphatic heterocycles. The second-order valence-corrected chi connectivity index (χ2v) is 5.45. The van der Waals surface area contributed by atoms with Crippen LogP contribution >= 0.6 is 11.6 Å². The van der Waals surface area contributed by atoms with Crippen molar-refractivity contribution in [2.24, 2.45) is 0 Å². The van der Waals surface area contributed by atoms with Gasteiger partial charge in [-0.3, -0.25) is 0 Å². The Morgan fingerprint density at radius 1 is 1.33 bits per heavy atom. The summed E-state index contributed by atoms with van der Waals surface area (Å²) in [4.78, 5) is 24.0. The number of ether oxygens (including phenoxy) is 1. The maximum Gasteiger partial charge on any atom is 0.338 e. The van der Waals surface area contributed by atoms with Crippen LogP contribution in [0.4, 0.5) is 4.79 Å². The minimum Gasteiger partial charge on any atom is -0.459 e. The van der Waals surface area contributed by atoms with Crippen molar-refractivity contribution in [3.8, 4) is 0 Å². The van der Waals surface area contributed by atoms with E-state index in [0.717, 1.165) is 0 Å². The fraction of sp³-hybridized carbons (Fsp3) is 0.333. The van der Waals surface area contributed by atoms with Crippen LogP contribution < -0.4 is 10.6 Å². The SMILES string of the molecule is CC1=C(C(=O)OC(C)C)[C@@H](c2ccccc2Cl)NC(=O)N1. The Kier molecular flexibility index (Phi) is 4.53. The van der Waals surface area contributed by atoms with Crippen LogP contribution in [0.25, 0.3) is 0 Å². The standard InChI is InChI=1S/C15H17ClN2O3/c1-8(2)21-14(19)12-9(3)17-15(20)18-13(12)10-6-4-5-7-11(10)16/h4-8,13H,1-3H3,(H2,17,18,20)/t13-/m1/s1. The molecule has 5 nitrogen and oxygen atoms in total. The molecule has 0 aromatic heterocycles. The summed E-state index contributed by atoms with van der Waals surface area (Å²) in [5.41, 5.74) is 1.48. The fourth-order valence-electron chi connectivity index (χ4n) is 2.18. The summed E-state index contributed by atoms with van der Waals surface area (Å²) in [5.74, 6) is -0.472. The van der Waals surface area contributed by atoms with E-state index in [0.29, 0.717) is 21.9 Å². The zero-order valence-electron chi connectivity index (χ0n) is 12.1. The number of benzene rings is 1. The van der Waals surface area contributed by atoms with Gasteiger partial charge in [0.25, 0.3) is 0 Å². The molecule has 21 heavy (non-hydrogen) atoms. The van der Waals surface area contributed by atoms with Crippen LogP contribution in [0.3, 0.4) is 0 Å². The van der Waals surface area contributed by atoms with Crippen LogP contribution in [0.2, 0.25) is 5.02 Å². The number of rotatable bonds is 3. The first-order chi connectivity index (χ1) is 9.90. The molecule has 2 rings (SSSR count). The van der Waals surface area contributed by atoms with Gasteiger partial charge in [-0.25, -0.2) is 9.59 Å². The Hall–Kier alpha value is -2.01. The molecule has 0 fully saturated rings. The summed E-state index contributed by atoms with van der Waals surface area (Å²) in [5, 5.41) is 5.78. The Morgan fingerprint density at radius 3 is 2.62 bits per heavy atom. The van der Waals surface area contributed by atoms with Crippen molar-refractivity contribution in [2.75, 3.05) is 0 Å². The number of hydrogen-bond acceptors (Lipinski definition) is 3. The van der Waals surface area contributed by atoms with Gasteiger partial charge in [0, 0.05) is 10.7 Å². The van der Waals surface area contributed by atoms with Crippen molar-refractivity contribution >= 4 is 23.6 Å². The molecule has 2 N–H and O–H groups in total. The molecule has 0 saturated carbocycles. The number of urea groups is 1. The third-order valence-electron chi connectivity index (χ3n) is 3.05. The number of allylic oxidation sites excluding steroid dienone is 1. The molecule has 1 aromatic rings. The normalized spacial score (nSPS) is 18.3. The summed E-state index contributed by atoms with van der Waals surface area (Å²) in [6.45, 7) is 5.21. The minimum atomic E-state index is -0.626. The molecule has 0 unspecified atom stereocenters. The predicted molar refractivity (Wildman–Crippen MR) is 79.8 cm³/mol. The van der Waals surface area contributed by atoms with Gasteiger partial charge in [0.2, 0.25) is 0 Å². The Bertz CT molecular complexity index is 611. The van der Waals surface area contributed by atoms with E-state index in [2.05, 4.69) is 10.6 Å². The molecular formula is C15H17ClN2O3. The number of carbonyl (C=O) groups excluding carboxylic acids is 2. The third-order valence-corrected chi connectivity index (χ3v) is 3.39. The lowest BCUT2D eigenvalue weighted by atomic mass is 9.95. The largest absolute Gasteiger partial charge is 0.459 e. The monoisotopic (exact) mass is 308 g/mol. The van der Waals surface area contributed by atoms with E-state index in [9.17, 15) is 9.59 Å². The van der Waals surface area contributed by atoms with Crippen LogP contribution in [0.5, 0.6) is 0 Å². The highest BCUT2D eigenvalue weighted by molar-refractivity contribution is 6.31. The summed E-state index contributed by atoms with van der Waals surface area (Å²) in [6.07, 6.45) is -0.248. The van der Waals surface area contributed by atoms with E-state index < -0.39 is 12.0 Å².